The summed E-state index contributed by atoms with van der Waals surface area (Å²) < 4.78 is 13.6. The molecule has 0 saturated heterocycles. The van der Waals surface area contributed by atoms with Crippen molar-refractivity contribution in [2.24, 2.45) is 5.41 Å². The summed E-state index contributed by atoms with van der Waals surface area (Å²) in [5.74, 6) is -0.238. The van der Waals surface area contributed by atoms with E-state index in [-0.39, 0.29) is 17.3 Å². The van der Waals surface area contributed by atoms with E-state index in [2.05, 4.69) is 31.1 Å². The van der Waals surface area contributed by atoms with E-state index in [4.69, 9.17) is 0 Å². The second-order valence-electron chi connectivity index (χ2n) is 4.46. The van der Waals surface area contributed by atoms with E-state index in [9.17, 15) is 4.39 Å². The predicted molar refractivity (Wildman–Crippen MR) is 60.1 cm³/mol. The fourth-order valence-electron chi connectivity index (χ4n) is 1.79. The zero-order valence-corrected chi connectivity index (χ0v) is 9.84. The second-order valence-corrected chi connectivity index (χ2v) is 4.46. The minimum absolute atomic E-state index is 0.0190. The molecule has 0 bridgehead atoms. The third kappa shape index (κ3) is 2.53. The maximum absolute atomic E-state index is 13.6. The highest BCUT2D eigenvalue weighted by molar-refractivity contribution is 5.19. The third-order valence-electron chi connectivity index (χ3n) is 3.10. The molecule has 15 heavy (non-hydrogen) atoms. The van der Waals surface area contributed by atoms with Crippen molar-refractivity contribution in [1.29, 1.82) is 0 Å². The predicted octanol–water partition coefficient (Wildman–Crippen LogP) is 2.92. The van der Waals surface area contributed by atoms with Crippen LogP contribution in [-0.4, -0.2) is 12.0 Å². The molecule has 0 aromatic carbocycles. The fraction of sp³-hybridized carbons (Fsp3) is 0.583. The van der Waals surface area contributed by atoms with Crippen LogP contribution in [0.4, 0.5) is 4.39 Å². The van der Waals surface area contributed by atoms with Crippen LogP contribution in [0.2, 0.25) is 0 Å². The first-order valence-electron chi connectivity index (χ1n) is 5.29. The molecule has 0 saturated carbocycles. The van der Waals surface area contributed by atoms with E-state index in [1.165, 1.54) is 6.20 Å². The number of hydrogen-bond donors (Lipinski definition) is 1. The van der Waals surface area contributed by atoms with Crippen molar-refractivity contribution in [3.63, 3.8) is 0 Å². The van der Waals surface area contributed by atoms with Gasteiger partial charge in [0.15, 0.2) is 0 Å². The lowest BCUT2D eigenvalue weighted by Gasteiger charge is -2.33. The number of aromatic nitrogens is 1. The summed E-state index contributed by atoms with van der Waals surface area (Å²) in [5, 5.41) is 3.18. The van der Waals surface area contributed by atoms with E-state index < -0.39 is 0 Å². The van der Waals surface area contributed by atoms with Gasteiger partial charge in [0.25, 0.3) is 0 Å². The number of hydrogen-bond acceptors (Lipinski definition) is 2. The minimum Gasteiger partial charge on any atom is -0.312 e. The van der Waals surface area contributed by atoms with Gasteiger partial charge in [-0.1, -0.05) is 20.8 Å². The van der Waals surface area contributed by atoms with Crippen LogP contribution in [0.15, 0.2) is 18.5 Å². The monoisotopic (exact) mass is 210 g/mol. The molecule has 0 fully saturated rings. The van der Waals surface area contributed by atoms with Crippen LogP contribution < -0.4 is 5.32 Å². The molecule has 1 aromatic heterocycles. The summed E-state index contributed by atoms with van der Waals surface area (Å²) in [4.78, 5) is 3.77. The molecule has 0 aliphatic heterocycles. The van der Waals surface area contributed by atoms with Crippen molar-refractivity contribution < 1.29 is 4.39 Å². The molecule has 1 atom stereocenters. The quantitative estimate of drug-likeness (QED) is 0.826. The molecule has 0 spiro atoms. The normalized spacial score (nSPS) is 13.9. The van der Waals surface area contributed by atoms with Crippen molar-refractivity contribution in [2.45, 2.75) is 33.2 Å². The first-order chi connectivity index (χ1) is 7.03. The SMILES string of the molecule is CCC(C)(C)C(NC)c1ccncc1F. The number of nitrogens with one attached hydrogen (secondary N) is 1. The van der Waals surface area contributed by atoms with Gasteiger partial charge < -0.3 is 5.32 Å². The molecule has 0 aliphatic carbocycles. The van der Waals surface area contributed by atoms with Gasteiger partial charge in [-0.05, 0) is 24.9 Å². The maximum atomic E-state index is 13.6. The lowest BCUT2D eigenvalue weighted by Crippen LogP contribution is -2.32. The molecule has 1 rings (SSSR count). The van der Waals surface area contributed by atoms with Crippen LogP contribution in [0.1, 0.15) is 38.8 Å². The Hall–Kier alpha value is -0.960. The Labute approximate surface area is 90.9 Å². The van der Waals surface area contributed by atoms with Gasteiger partial charge in [-0.25, -0.2) is 4.39 Å². The van der Waals surface area contributed by atoms with Crippen molar-refractivity contribution in [3.05, 3.63) is 29.8 Å². The standard InChI is InChI=1S/C12H19FN2/c1-5-12(2,3)11(14-4)9-6-7-15-8-10(9)13/h6-8,11,14H,5H2,1-4H3. The molecule has 3 heteroatoms. The maximum Gasteiger partial charge on any atom is 0.146 e. The van der Waals surface area contributed by atoms with E-state index in [0.29, 0.717) is 5.56 Å². The highest BCUT2D eigenvalue weighted by atomic mass is 19.1. The molecule has 1 N–H and O–H groups in total. The smallest absolute Gasteiger partial charge is 0.146 e. The van der Waals surface area contributed by atoms with Crippen LogP contribution in [0.25, 0.3) is 0 Å². The van der Waals surface area contributed by atoms with E-state index >= 15 is 0 Å². The Balaban J connectivity index is 3.08. The summed E-state index contributed by atoms with van der Waals surface area (Å²) in [6, 6.07) is 1.76. The lowest BCUT2D eigenvalue weighted by molar-refractivity contribution is 0.240. The van der Waals surface area contributed by atoms with E-state index in [0.717, 1.165) is 6.42 Å². The van der Waals surface area contributed by atoms with Gasteiger partial charge in [0.2, 0.25) is 0 Å². The van der Waals surface area contributed by atoms with E-state index in [1.807, 2.05) is 7.05 Å². The van der Waals surface area contributed by atoms with Crippen molar-refractivity contribution in [3.8, 4) is 0 Å². The number of rotatable bonds is 4. The Morgan fingerprint density at radius 1 is 1.53 bits per heavy atom. The van der Waals surface area contributed by atoms with Crippen molar-refractivity contribution in [2.75, 3.05) is 7.05 Å². The van der Waals surface area contributed by atoms with Crippen LogP contribution in [0.3, 0.4) is 0 Å². The zero-order valence-electron chi connectivity index (χ0n) is 9.84. The van der Waals surface area contributed by atoms with Crippen molar-refractivity contribution in [1.82, 2.24) is 10.3 Å². The topological polar surface area (TPSA) is 24.9 Å². The van der Waals surface area contributed by atoms with E-state index in [1.54, 1.807) is 12.3 Å². The first kappa shape index (κ1) is 12.1. The van der Waals surface area contributed by atoms with Gasteiger partial charge in [0.1, 0.15) is 5.82 Å². The molecule has 84 valence electrons. The molecule has 0 aliphatic rings. The van der Waals surface area contributed by atoms with Crippen LogP contribution >= 0.6 is 0 Å². The molecule has 2 nitrogen and oxygen atoms in total. The average Bonchev–Trinajstić information content (AvgIpc) is 2.21. The summed E-state index contributed by atoms with van der Waals surface area (Å²) in [5.41, 5.74) is 0.719. The van der Waals surface area contributed by atoms with Gasteiger partial charge in [0.05, 0.1) is 6.20 Å². The molecular weight excluding hydrogens is 191 g/mol. The molecule has 0 radical (unpaired) electrons. The molecule has 0 amide bonds. The van der Waals surface area contributed by atoms with Crippen LogP contribution in [0, 0.1) is 11.2 Å². The van der Waals surface area contributed by atoms with Gasteiger partial charge in [-0.15, -0.1) is 0 Å². The Morgan fingerprint density at radius 3 is 2.67 bits per heavy atom. The molecule has 1 aromatic rings. The summed E-state index contributed by atoms with van der Waals surface area (Å²) >= 11 is 0. The lowest BCUT2D eigenvalue weighted by atomic mass is 9.78. The van der Waals surface area contributed by atoms with Crippen molar-refractivity contribution >= 4 is 0 Å². The number of halogens is 1. The van der Waals surface area contributed by atoms with Gasteiger partial charge in [0, 0.05) is 17.8 Å². The molecular formula is C12H19FN2. The van der Waals surface area contributed by atoms with Crippen LogP contribution in [0.5, 0.6) is 0 Å². The van der Waals surface area contributed by atoms with Crippen LogP contribution in [-0.2, 0) is 0 Å². The van der Waals surface area contributed by atoms with Gasteiger partial charge in [-0.3, -0.25) is 4.98 Å². The largest absolute Gasteiger partial charge is 0.312 e. The zero-order chi connectivity index (χ0) is 11.5. The summed E-state index contributed by atoms with van der Waals surface area (Å²) in [6.07, 6.45) is 3.89. The second kappa shape index (κ2) is 4.71. The highest BCUT2D eigenvalue weighted by Gasteiger charge is 2.29. The Bertz CT molecular complexity index is 323. The average molecular weight is 210 g/mol. The third-order valence-corrected chi connectivity index (χ3v) is 3.10. The van der Waals surface area contributed by atoms with Gasteiger partial charge in [-0.2, -0.15) is 0 Å². The fourth-order valence-corrected chi connectivity index (χ4v) is 1.79. The Morgan fingerprint density at radius 2 is 2.20 bits per heavy atom. The highest BCUT2D eigenvalue weighted by Crippen LogP contribution is 2.36. The summed E-state index contributed by atoms with van der Waals surface area (Å²) in [7, 11) is 1.86. The first-order valence-corrected chi connectivity index (χ1v) is 5.29. The summed E-state index contributed by atoms with van der Waals surface area (Å²) in [6.45, 7) is 6.38. The molecule has 1 unspecified atom stereocenters. The van der Waals surface area contributed by atoms with Gasteiger partial charge >= 0.3 is 0 Å². The minimum atomic E-state index is -0.238. The number of pyridine rings is 1. The Kier molecular flexibility index (Phi) is 3.80. The number of nitrogens with zero attached hydrogens (tertiary/aromatic N) is 1. The molecule has 1 heterocycles.